The summed E-state index contributed by atoms with van der Waals surface area (Å²) in [5.74, 6) is 0.285. The molecule has 0 aromatic rings. The van der Waals surface area contributed by atoms with Gasteiger partial charge in [0, 0.05) is 11.2 Å². The Balaban J connectivity index is 2.31. The molecule has 0 bridgehead atoms. The zero-order valence-corrected chi connectivity index (χ0v) is 11.2. The van der Waals surface area contributed by atoms with Crippen LogP contribution in [-0.2, 0) is 18.2 Å². The van der Waals surface area contributed by atoms with Gasteiger partial charge in [-0.1, -0.05) is 6.92 Å². The summed E-state index contributed by atoms with van der Waals surface area (Å²) in [5, 5.41) is 0. The number of hydrogen-bond donors (Lipinski definition) is 3. The van der Waals surface area contributed by atoms with Gasteiger partial charge in [0.1, 0.15) is 0 Å². The molecule has 1 aliphatic rings. The van der Waals surface area contributed by atoms with E-state index < -0.39 is 14.6 Å². The van der Waals surface area contributed by atoms with Crippen LogP contribution in [0.2, 0.25) is 0 Å². The third kappa shape index (κ3) is 5.29. The molecule has 16 heavy (non-hydrogen) atoms. The summed E-state index contributed by atoms with van der Waals surface area (Å²) >= 11 is 0.523. The molecule has 0 amide bonds. The van der Waals surface area contributed by atoms with Crippen molar-refractivity contribution in [2.24, 2.45) is 5.41 Å². The zero-order chi connectivity index (χ0) is 12.4. The van der Waals surface area contributed by atoms with Gasteiger partial charge in [-0.05, 0) is 17.8 Å². The van der Waals surface area contributed by atoms with E-state index in [0.717, 1.165) is 0 Å². The summed E-state index contributed by atoms with van der Waals surface area (Å²) in [4.78, 5) is 25.9. The predicted octanol–water partition coefficient (Wildman–Crippen LogP) is 1.36. The van der Waals surface area contributed by atoms with E-state index in [-0.39, 0.29) is 11.2 Å². The van der Waals surface area contributed by atoms with Crippen molar-refractivity contribution in [1.82, 2.24) is 0 Å². The first kappa shape index (κ1) is 14.7. The van der Waals surface area contributed by atoms with Crippen molar-refractivity contribution < 1.29 is 32.9 Å². The fourth-order valence-corrected chi connectivity index (χ4v) is 5.41. The lowest BCUT2D eigenvalue weighted by atomic mass is 9.86. The lowest BCUT2D eigenvalue weighted by molar-refractivity contribution is -0.102. The second-order valence-corrected chi connectivity index (χ2v) is 9.32. The molecule has 3 N–H and O–H groups in total. The fraction of sp³-hybridized carbons (Fsp3) is 1.00. The van der Waals surface area contributed by atoms with E-state index in [9.17, 15) is 9.13 Å². The lowest BCUT2D eigenvalue weighted by Crippen LogP contribution is -2.40. The van der Waals surface area contributed by atoms with Crippen molar-refractivity contribution in [3.05, 3.63) is 0 Å². The minimum Gasteiger partial charge on any atom is -0.380 e. The standard InChI is InChI=1S/C6H14O7P2S/c1-6(4-12-5-6)2-3-16-15(10,11)13-14(7,8)9/h2-5H2,1H3,(H,10,11)(H2,7,8,9). The second-order valence-electron chi connectivity index (χ2n) is 3.93. The predicted molar refractivity (Wildman–Crippen MR) is 59.0 cm³/mol. The van der Waals surface area contributed by atoms with Crippen molar-refractivity contribution in [3.63, 3.8) is 0 Å². The highest BCUT2D eigenvalue weighted by atomic mass is 32.7. The van der Waals surface area contributed by atoms with Gasteiger partial charge >= 0.3 is 14.6 Å². The Morgan fingerprint density at radius 3 is 2.31 bits per heavy atom. The van der Waals surface area contributed by atoms with Crippen LogP contribution in [0.5, 0.6) is 0 Å². The quantitative estimate of drug-likeness (QED) is 0.629. The van der Waals surface area contributed by atoms with Gasteiger partial charge in [-0.3, -0.25) is 0 Å². The van der Waals surface area contributed by atoms with Gasteiger partial charge < -0.3 is 19.4 Å². The molecule has 0 aromatic carbocycles. The molecule has 10 heteroatoms. The molecule has 1 atom stereocenters. The maximum Gasteiger partial charge on any atom is 0.477 e. The molecule has 7 nitrogen and oxygen atoms in total. The van der Waals surface area contributed by atoms with Crippen LogP contribution in [0.15, 0.2) is 0 Å². The van der Waals surface area contributed by atoms with Crippen molar-refractivity contribution in [2.75, 3.05) is 19.0 Å². The van der Waals surface area contributed by atoms with Crippen LogP contribution < -0.4 is 0 Å². The summed E-state index contributed by atoms with van der Waals surface area (Å²) in [7, 11) is -4.92. The number of phosphoric acid groups is 1. The maximum absolute atomic E-state index is 11.2. The first-order valence-corrected chi connectivity index (χ1v) is 9.14. The SMILES string of the molecule is CC1(CCSP(=O)(O)OP(=O)(O)O)COC1. The van der Waals surface area contributed by atoms with Crippen LogP contribution in [-0.4, -0.2) is 33.6 Å². The van der Waals surface area contributed by atoms with Crippen LogP contribution >= 0.6 is 26.0 Å². The largest absolute Gasteiger partial charge is 0.477 e. The molecular weight excluding hydrogens is 278 g/mol. The molecule has 1 rings (SSSR count). The van der Waals surface area contributed by atoms with Gasteiger partial charge in [0.25, 0.3) is 0 Å². The van der Waals surface area contributed by atoms with E-state index in [2.05, 4.69) is 4.31 Å². The third-order valence-corrected chi connectivity index (χ3v) is 6.59. The first-order chi connectivity index (χ1) is 7.12. The molecule has 96 valence electrons. The smallest absolute Gasteiger partial charge is 0.380 e. The highest BCUT2D eigenvalue weighted by molar-refractivity contribution is 8.55. The van der Waals surface area contributed by atoms with E-state index in [1.807, 2.05) is 6.92 Å². The van der Waals surface area contributed by atoms with E-state index in [0.29, 0.717) is 31.0 Å². The zero-order valence-electron chi connectivity index (χ0n) is 8.61. The molecule has 1 unspecified atom stereocenters. The maximum atomic E-state index is 11.2. The third-order valence-electron chi connectivity index (χ3n) is 2.07. The summed E-state index contributed by atoms with van der Waals surface area (Å²) in [6, 6.07) is 0. The van der Waals surface area contributed by atoms with E-state index >= 15 is 0 Å². The van der Waals surface area contributed by atoms with Crippen molar-refractivity contribution in [1.29, 1.82) is 0 Å². The van der Waals surface area contributed by atoms with Crippen LogP contribution in [0.4, 0.5) is 0 Å². The molecule has 0 radical (unpaired) electrons. The van der Waals surface area contributed by atoms with Gasteiger partial charge in [-0.15, -0.1) is 0 Å². The van der Waals surface area contributed by atoms with Gasteiger partial charge in [0.05, 0.1) is 13.2 Å². The molecule has 1 fully saturated rings. The lowest BCUT2D eigenvalue weighted by Gasteiger charge is -2.38. The molecule has 0 aliphatic carbocycles. The van der Waals surface area contributed by atoms with E-state index in [1.54, 1.807) is 0 Å². The van der Waals surface area contributed by atoms with Crippen LogP contribution in [0.3, 0.4) is 0 Å². The topological polar surface area (TPSA) is 113 Å². The molecule has 1 saturated heterocycles. The molecule has 0 saturated carbocycles. The van der Waals surface area contributed by atoms with Gasteiger partial charge in [-0.25, -0.2) is 9.13 Å². The summed E-state index contributed by atoms with van der Waals surface area (Å²) in [6.45, 7) is -1.10. The van der Waals surface area contributed by atoms with Crippen molar-refractivity contribution >= 4 is 26.0 Å². The van der Waals surface area contributed by atoms with Gasteiger partial charge in [0.15, 0.2) is 0 Å². The number of ether oxygens (including phenoxy) is 1. The summed E-state index contributed by atoms with van der Waals surface area (Å²) < 4.78 is 30.4. The number of rotatable bonds is 6. The average molecular weight is 292 g/mol. The van der Waals surface area contributed by atoms with Crippen LogP contribution in [0, 0.1) is 5.41 Å². The highest BCUT2D eigenvalue weighted by Crippen LogP contribution is 2.65. The Kier molecular flexibility index (Phi) is 4.66. The highest BCUT2D eigenvalue weighted by Gasteiger charge is 2.35. The van der Waals surface area contributed by atoms with Crippen molar-refractivity contribution in [2.45, 2.75) is 13.3 Å². The Hall–Kier alpha value is 0.610. The Bertz CT molecular complexity index is 336. The second kappa shape index (κ2) is 5.08. The minimum absolute atomic E-state index is 0.00484. The Morgan fingerprint density at radius 1 is 1.38 bits per heavy atom. The molecular formula is C6H14O7P2S. The van der Waals surface area contributed by atoms with E-state index in [4.69, 9.17) is 19.4 Å². The van der Waals surface area contributed by atoms with Crippen LogP contribution in [0.1, 0.15) is 13.3 Å². The van der Waals surface area contributed by atoms with Gasteiger partial charge in [0.2, 0.25) is 0 Å². The Morgan fingerprint density at radius 2 is 1.94 bits per heavy atom. The summed E-state index contributed by atoms with van der Waals surface area (Å²) in [6.07, 6.45) is 0.632. The summed E-state index contributed by atoms with van der Waals surface area (Å²) in [5.41, 5.74) is -0.00484. The number of hydrogen-bond acceptors (Lipinski definition) is 5. The van der Waals surface area contributed by atoms with Crippen LogP contribution in [0.25, 0.3) is 0 Å². The first-order valence-electron chi connectivity index (χ1n) is 4.44. The molecule has 1 aliphatic heterocycles. The normalized spacial score (nSPS) is 23.5. The van der Waals surface area contributed by atoms with Gasteiger partial charge in [-0.2, -0.15) is 4.31 Å². The fourth-order valence-electron chi connectivity index (χ4n) is 1.16. The monoisotopic (exact) mass is 292 g/mol. The van der Waals surface area contributed by atoms with Crippen molar-refractivity contribution in [3.8, 4) is 0 Å². The molecule has 0 aromatic heterocycles. The Labute approximate surface area is 97.1 Å². The van der Waals surface area contributed by atoms with E-state index in [1.165, 1.54) is 0 Å². The minimum atomic E-state index is -4.92. The average Bonchev–Trinajstić information content (AvgIpc) is 1.95. The molecule has 0 spiro atoms. The molecule has 1 heterocycles.